The number of hydrogen-bond donors (Lipinski definition) is 1. The van der Waals surface area contributed by atoms with Gasteiger partial charge < -0.3 is 0 Å². The summed E-state index contributed by atoms with van der Waals surface area (Å²) < 4.78 is 5.83. The average Bonchev–Trinajstić information content (AvgIpc) is 2.30. The Labute approximate surface area is 74.0 Å². The Morgan fingerprint density at radius 1 is 1.91 bits per heavy atom. The van der Waals surface area contributed by atoms with E-state index in [2.05, 4.69) is 15.6 Å². The van der Waals surface area contributed by atoms with Crippen molar-refractivity contribution >= 4 is 20.3 Å². The fourth-order valence-corrected chi connectivity index (χ4v) is 1.69. The van der Waals surface area contributed by atoms with Crippen molar-refractivity contribution in [3.8, 4) is 0 Å². The van der Waals surface area contributed by atoms with Gasteiger partial charge in [0.15, 0.2) is 0 Å². The molecule has 1 atom stereocenters. The van der Waals surface area contributed by atoms with Crippen LogP contribution < -0.4 is 0 Å². The van der Waals surface area contributed by atoms with Crippen molar-refractivity contribution in [3.05, 3.63) is 12.0 Å². The van der Waals surface area contributed by atoms with E-state index >= 15 is 0 Å². The normalized spacial score (nSPS) is 25.6. The number of hydrogen-bond acceptors (Lipinski definition) is 3. The predicted octanol–water partition coefficient (Wildman–Crippen LogP) is 0.382. The second kappa shape index (κ2) is 3.28. The third kappa shape index (κ3) is 1.57. The van der Waals surface area contributed by atoms with Crippen LogP contribution in [0.15, 0.2) is 12.0 Å². The molecule has 0 aromatic carbocycles. The summed E-state index contributed by atoms with van der Waals surface area (Å²) in [5, 5.41) is 9.36. The Balaban J connectivity index is 2.76. The SMILES string of the molecule is C/C=C(\O)N1C(=[Se])OC[C@@H]1C. The summed E-state index contributed by atoms with van der Waals surface area (Å²) in [5.74, 6) is 0.240. The maximum atomic E-state index is 9.36. The predicted molar refractivity (Wildman–Crippen MR) is 44.4 cm³/mol. The number of rotatable bonds is 1. The average molecular weight is 220 g/mol. The Kier molecular flexibility index (Phi) is 2.57. The van der Waals surface area contributed by atoms with E-state index < -0.39 is 0 Å². The number of ether oxygens (including phenoxy) is 1. The van der Waals surface area contributed by atoms with Crippen molar-refractivity contribution < 1.29 is 9.84 Å². The van der Waals surface area contributed by atoms with Crippen LogP contribution >= 0.6 is 0 Å². The minimum absolute atomic E-state index is 0.211. The summed E-state index contributed by atoms with van der Waals surface area (Å²) in [6.07, 6.45) is 1.64. The van der Waals surface area contributed by atoms with Crippen molar-refractivity contribution in [2.24, 2.45) is 0 Å². The van der Waals surface area contributed by atoms with Crippen LogP contribution in [0.4, 0.5) is 0 Å². The molecular weight excluding hydrogens is 209 g/mol. The molecule has 0 aromatic heterocycles. The molecule has 0 unspecified atom stereocenters. The standard InChI is InChI=1S/C7H11NO2Se/c1-3-6(9)8-5(2)4-10-7(8)11/h3,5,9H,4H2,1-2H3/b6-3-/t5-/m0/s1. The van der Waals surface area contributed by atoms with Gasteiger partial charge in [-0.25, -0.2) is 0 Å². The molecule has 0 amide bonds. The van der Waals surface area contributed by atoms with Crippen LogP contribution in [-0.2, 0) is 4.74 Å². The van der Waals surface area contributed by atoms with E-state index in [-0.39, 0.29) is 11.9 Å². The van der Waals surface area contributed by atoms with Crippen molar-refractivity contribution in [1.29, 1.82) is 0 Å². The van der Waals surface area contributed by atoms with Gasteiger partial charge in [-0.1, -0.05) is 0 Å². The van der Waals surface area contributed by atoms with E-state index in [0.717, 1.165) is 0 Å². The Hall–Kier alpha value is -0.471. The zero-order valence-corrected chi connectivity index (χ0v) is 8.29. The van der Waals surface area contributed by atoms with Crippen molar-refractivity contribution in [3.63, 3.8) is 0 Å². The maximum absolute atomic E-state index is 9.36. The van der Waals surface area contributed by atoms with Gasteiger partial charge in [-0.15, -0.1) is 0 Å². The molecular formula is C7H11NO2Se. The molecule has 0 aliphatic carbocycles. The van der Waals surface area contributed by atoms with Crippen LogP contribution in [-0.4, -0.2) is 43.0 Å². The summed E-state index contributed by atoms with van der Waals surface area (Å²) in [6.45, 7) is 4.40. The van der Waals surface area contributed by atoms with E-state index in [1.54, 1.807) is 17.9 Å². The summed E-state index contributed by atoms with van der Waals surface area (Å²) in [4.78, 5) is 1.72. The molecule has 0 saturated carbocycles. The third-order valence-corrected chi connectivity index (χ3v) is 2.25. The second-order valence-corrected chi connectivity index (χ2v) is 3.18. The molecule has 1 heterocycles. The molecule has 1 rings (SSSR count). The van der Waals surface area contributed by atoms with Gasteiger partial charge >= 0.3 is 73.5 Å². The molecule has 1 fully saturated rings. The van der Waals surface area contributed by atoms with Crippen LogP contribution in [0.25, 0.3) is 0 Å². The Morgan fingerprint density at radius 2 is 2.55 bits per heavy atom. The van der Waals surface area contributed by atoms with Gasteiger partial charge in [0.1, 0.15) is 0 Å². The Morgan fingerprint density at radius 3 is 2.91 bits per heavy atom. The molecule has 1 aliphatic heterocycles. The zero-order chi connectivity index (χ0) is 8.43. The van der Waals surface area contributed by atoms with E-state index in [9.17, 15) is 5.11 Å². The van der Waals surface area contributed by atoms with E-state index in [1.165, 1.54) is 0 Å². The van der Waals surface area contributed by atoms with Crippen molar-refractivity contribution in [2.45, 2.75) is 19.9 Å². The molecule has 0 bridgehead atoms. The summed E-state index contributed by atoms with van der Waals surface area (Å²) in [6, 6.07) is 0.211. The molecule has 1 saturated heterocycles. The first-order valence-electron chi connectivity index (χ1n) is 3.48. The van der Waals surface area contributed by atoms with Gasteiger partial charge in [0.05, 0.1) is 0 Å². The molecule has 3 nitrogen and oxygen atoms in total. The van der Waals surface area contributed by atoms with Crippen LogP contribution in [0.1, 0.15) is 13.8 Å². The van der Waals surface area contributed by atoms with Gasteiger partial charge in [-0.3, -0.25) is 0 Å². The topological polar surface area (TPSA) is 32.7 Å². The van der Waals surface area contributed by atoms with Crippen LogP contribution in [0.5, 0.6) is 0 Å². The number of aliphatic hydroxyl groups is 1. The Bertz CT molecular complexity index is 203. The second-order valence-electron chi connectivity index (χ2n) is 2.44. The third-order valence-electron chi connectivity index (χ3n) is 1.59. The first kappa shape index (κ1) is 8.62. The van der Waals surface area contributed by atoms with Crippen LogP contribution in [0, 0.1) is 0 Å². The van der Waals surface area contributed by atoms with E-state index in [1.807, 2.05) is 6.92 Å². The van der Waals surface area contributed by atoms with Gasteiger partial charge in [-0.05, 0) is 0 Å². The molecule has 11 heavy (non-hydrogen) atoms. The van der Waals surface area contributed by atoms with Gasteiger partial charge in [0, 0.05) is 0 Å². The minimum atomic E-state index is 0.211. The molecule has 62 valence electrons. The first-order valence-corrected chi connectivity index (χ1v) is 4.33. The number of allylic oxidation sites excluding steroid dienone is 1. The monoisotopic (exact) mass is 221 g/mol. The number of aliphatic hydroxyl groups excluding tert-OH is 1. The van der Waals surface area contributed by atoms with Crippen molar-refractivity contribution in [2.75, 3.05) is 6.61 Å². The zero-order valence-electron chi connectivity index (χ0n) is 6.57. The van der Waals surface area contributed by atoms with Crippen molar-refractivity contribution in [1.82, 2.24) is 4.90 Å². The van der Waals surface area contributed by atoms with Crippen LogP contribution in [0.2, 0.25) is 0 Å². The summed E-state index contributed by atoms with van der Waals surface area (Å²) in [7, 11) is 0. The van der Waals surface area contributed by atoms with Gasteiger partial charge in [0.2, 0.25) is 0 Å². The fourth-order valence-electron chi connectivity index (χ4n) is 0.974. The van der Waals surface area contributed by atoms with Gasteiger partial charge in [-0.2, -0.15) is 0 Å². The molecule has 4 heteroatoms. The first-order chi connectivity index (χ1) is 5.16. The fraction of sp³-hybridized carbons (Fsp3) is 0.571. The summed E-state index contributed by atoms with van der Waals surface area (Å²) in [5.41, 5.74) is 0. The molecule has 0 aromatic rings. The molecule has 0 radical (unpaired) electrons. The van der Waals surface area contributed by atoms with E-state index in [0.29, 0.717) is 11.3 Å². The summed E-state index contributed by atoms with van der Waals surface area (Å²) >= 11 is 2.75. The quantitative estimate of drug-likeness (QED) is 0.512. The van der Waals surface area contributed by atoms with Crippen LogP contribution in [0.3, 0.4) is 0 Å². The van der Waals surface area contributed by atoms with E-state index in [4.69, 9.17) is 4.74 Å². The molecule has 1 N–H and O–H groups in total. The van der Waals surface area contributed by atoms with Gasteiger partial charge in [0.25, 0.3) is 0 Å². The molecule has 0 spiro atoms. The molecule has 1 aliphatic rings. The number of nitrogens with zero attached hydrogens (tertiary/aromatic N) is 1.